The Labute approximate surface area is 354 Å². The SMILES string of the molecule is Cn1nc(C2CCC(=O)NC2=O)c2ccc(N3CCC(NC(=O)C4CCC(/C=[N+]5/C=C(NC(=O)c6cnn7ccc(N8C[C@H](N)C[C@@H](F)C8)nc67)C(C(F)F)=N5)CC4)CC3)cc21. The highest BCUT2D eigenvalue weighted by Crippen LogP contribution is 2.34. The van der Waals surface area contributed by atoms with Crippen LogP contribution in [0, 0.1) is 11.8 Å². The Hall–Kier alpha value is -6.18. The van der Waals surface area contributed by atoms with Gasteiger partial charge in [-0.15, -0.1) is 0 Å². The number of nitrogens with one attached hydrogen (secondary N) is 3. The zero-order chi connectivity index (χ0) is 43.2. The molecule has 9 rings (SSSR count). The maximum absolute atomic E-state index is 14.3. The number of piperidine rings is 3. The number of anilines is 2. The van der Waals surface area contributed by atoms with Crippen molar-refractivity contribution in [2.45, 2.75) is 88.4 Å². The molecule has 5 N–H and O–H groups in total. The van der Waals surface area contributed by atoms with Crippen LogP contribution in [0.4, 0.5) is 24.7 Å². The van der Waals surface area contributed by atoms with Gasteiger partial charge < -0.3 is 26.2 Å². The van der Waals surface area contributed by atoms with E-state index in [0.717, 1.165) is 42.5 Å². The lowest BCUT2D eigenvalue weighted by atomic mass is 9.82. The van der Waals surface area contributed by atoms with Crippen molar-refractivity contribution in [3.05, 3.63) is 59.8 Å². The van der Waals surface area contributed by atoms with Gasteiger partial charge in [0.25, 0.3) is 12.3 Å². The number of nitrogens with two attached hydrogens (primary N) is 1. The van der Waals surface area contributed by atoms with Crippen molar-refractivity contribution in [1.29, 1.82) is 0 Å². The van der Waals surface area contributed by atoms with Crippen molar-refractivity contribution in [2.75, 3.05) is 36.0 Å². The number of hydrogen-bond acceptors (Lipinski definition) is 11. The molecule has 1 saturated carbocycles. The molecule has 4 aromatic rings. The molecule has 62 heavy (non-hydrogen) atoms. The molecule has 1 unspecified atom stereocenters. The van der Waals surface area contributed by atoms with Crippen LogP contribution in [0.2, 0.25) is 0 Å². The number of alkyl halides is 3. The predicted molar refractivity (Wildman–Crippen MR) is 223 cm³/mol. The minimum Gasteiger partial charge on any atom is -0.371 e. The number of imide groups is 1. The predicted octanol–water partition coefficient (Wildman–Crippen LogP) is 2.89. The number of benzene rings is 1. The third kappa shape index (κ3) is 8.38. The second-order valence-electron chi connectivity index (χ2n) is 17.0. The first-order valence-corrected chi connectivity index (χ1v) is 21.2. The average molecular weight is 857 g/mol. The van der Waals surface area contributed by atoms with Gasteiger partial charge in [0.05, 0.1) is 29.9 Å². The Balaban J connectivity index is 0.772. The smallest absolute Gasteiger partial charge is 0.288 e. The van der Waals surface area contributed by atoms with Crippen LogP contribution in [0.25, 0.3) is 16.6 Å². The summed E-state index contributed by atoms with van der Waals surface area (Å²) in [5.74, 6) is -1.44. The Bertz CT molecular complexity index is 2510. The Morgan fingerprint density at radius 2 is 1.82 bits per heavy atom. The summed E-state index contributed by atoms with van der Waals surface area (Å²) in [4.78, 5) is 59.6. The normalized spacial score (nSPS) is 25.7. The second-order valence-corrected chi connectivity index (χ2v) is 17.0. The van der Waals surface area contributed by atoms with Crippen molar-refractivity contribution in [3.63, 3.8) is 0 Å². The monoisotopic (exact) mass is 856 g/mol. The molecule has 17 nitrogen and oxygen atoms in total. The minimum absolute atomic E-state index is 0.0119. The first-order valence-electron chi connectivity index (χ1n) is 21.2. The van der Waals surface area contributed by atoms with E-state index in [1.54, 1.807) is 28.1 Å². The number of hydrogen-bond donors (Lipinski definition) is 4. The van der Waals surface area contributed by atoms with Crippen molar-refractivity contribution in [2.24, 2.45) is 29.7 Å². The number of amides is 4. The lowest BCUT2D eigenvalue weighted by molar-refractivity contribution is -0.456. The van der Waals surface area contributed by atoms with Crippen molar-refractivity contribution in [3.8, 4) is 0 Å². The molecule has 3 atom stereocenters. The van der Waals surface area contributed by atoms with E-state index in [4.69, 9.17) is 5.73 Å². The van der Waals surface area contributed by atoms with E-state index >= 15 is 0 Å². The van der Waals surface area contributed by atoms with Gasteiger partial charge in [0.15, 0.2) is 11.9 Å². The van der Waals surface area contributed by atoms with Gasteiger partial charge in [-0.3, -0.25) is 29.2 Å². The van der Waals surface area contributed by atoms with Gasteiger partial charge in [-0.2, -0.15) is 10.2 Å². The van der Waals surface area contributed by atoms with E-state index in [0.29, 0.717) is 50.2 Å². The Kier molecular flexibility index (Phi) is 11.3. The van der Waals surface area contributed by atoms with Crippen LogP contribution < -0.4 is 31.5 Å². The van der Waals surface area contributed by atoms with E-state index < -0.39 is 30.1 Å². The second kappa shape index (κ2) is 16.9. The van der Waals surface area contributed by atoms with E-state index in [2.05, 4.69) is 47.2 Å². The molecule has 20 heteroatoms. The summed E-state index contributed by atoms with van der Waals surface area (Å²) >= 11 is 0. The summed E-state index contributed by atoms with van der Waals surface area (Å²) in [5.41, 5.74) is 8.16. The highest BCUT2D eigenvalue weighted by atomic mass is 19.3. The molecular weight excluding hydrogens is 808 g/mol. The minimum atomic E-state index is -2.96. The molecule has 0 bridgehead atoms. The number of carbonyl (C=O) groups excluding carboxylic acids is 4. The number of aromatic nitrogens is 5. The average Bonchev–Trinajstić information content (AvgIpc) is 3.95. The topological polar surface area (TPSA) is 200 Å². The van der Waals surface area contributed by atoms with Gasteiger partial charge in [0.1, 0.15) is 23.3 Å². The van der Waals surface area contributed by atoms with Gasteiger partial charge in [-0.1, -0.05) is 4.68 Å². The summed E-state index contributed by atoms with van der Waals surface area (Å²) in [5, 5.41) is 22.1. The molecule has 4 amide bonds. The largest absolute Gasteiger partial charge is 0.371 e. The van der Waals surface area contributed by atoms with Crippen molar-refractivity contribution < 1.29 is 37.0 Å². The number of hydrazone groups is 1. The summed E-state index contributed by atoms with van der Waals surface area (Å²) < 4.78 is 47.1. The number of allylic oxidation sites excluding steroid dienone is 1. The number of halogens is 3. The van der Waals surface area contributed by atoms with Gasteiger partial charge in [0.2, 0.25) is 29.6 Å². The van der Waals surface area contributed by atoms with E-state index in [9.17, 15) is 32.3 Å². The standard InChI is InChI=1S/C42H48F3N13O4/c1-54-33-17-28(6-7-29(33)36(52-54)30-8-9-35(59)51-41(30)61)55-13-10-27(11-14-55)48-40(60)24-4-2-23(3-5-24)19-57-22-32(37(53-57)38(44)45)49-42(62)31-18-47-58-15-12-34(50-39(31)58)56-20-25(43)16-26(46)21-56/h6-7,12,15,17-19,22-27,30,38H,2-5,8-11,13-14,16,20-21,46H2,1H3,(H2-,48,49,51,59,60,61,62)/p+1/b57-19-/t23?,24?,25-,26-,30?/m1/s1. The molecule has 0 spiro atoms. The molecule has 0 radical (unpaired) electrons. The number of carbonyl (C=O) groups is 4. The molecule has 5 aliphatic rings. The lowest BCUT2D eigenvalue weighted by Crippen LogP contribution is -2.48. The fourth-order valence-electron chi connectivity index (χ4n) is 9.42. The van der Waals surface area contributed by atoms with Crippen LogP contribution in [0.15, 0.2) is 53.7 Å². The lowest BCUT2D eigenvalue weighted by Gasteiger charge is -2.35. The summed E-state index contributed by atoms with van der Waals surface area (Å²) in [6.45, 7) is 2.03. The molecule has 7 heterocycles. The van der Waals surface area contributed by atoms with Crippen LogP contribution in [0.1, 0.15) is 79.8 Å². The van der Waals surface area contributed by atoms with Crippen LogP contribution in [-0.4, -0.2) is 115 Å². The van der Waals surface area contributed by atoms with Gasteiger partial charge in [0, 0.05) is 79.4 Å². The molecule has 326 valence electrons. The van der Waals surface area contributed by atoms with Gasteiger partial charge in [-0.05, 0) is 75.6 Å². The zero-order valence-corrected chi connectivity index (χ0v) is 34.2. The first-order chi connectivity index (χ1) is 29.9. The van der Waals surface area contributed by atoms with Crippen LogP contribution in [0.3, 0.4) is 0 Å². The van der Waals surface area contributed by atoms with Crippen molar-refractivity contribution >= 4 is 63.6 Å². The number of aryl methyl sites for hydroxylation is 1. The summed E-state index contributed by atoms with van der Waals surface area (Å²) in [6, 6.07) is 7.45. The fourth-order valence-corrected chi connectivity index (χ4v) is 9.42. The summed E-state index contributed by atoms with van der Waals surface area (Å²) in [6.07, 6.45) is 7.12. The van der Waals surface area contributed by atoms with Crippen LogP contribution in [0.5, 0.6) is 0 Å². The van der Waals surface area contributed by atoms with E-state index in [-0.39, 0.29) is 77.9 Å². The molecule has 1 aliphatic carbocycles. The molecule has 3 saturated heterocycles. The van der Waals surface area contributed by atoms with Crippen LogP contribution >= 0.6 is 0 Å². The quantitative estimate of drug-likeness (QED) is 0.143. The highest BCUT2D eigenvalue weighted by molar-refractivity contribution is 6.09. The van der Waals surface area contributed by atoms with Crippen LogP contribution in [-0.2, 0) is 21.4 Å². The van der Waals surface area contributed by atoms with Gasteiger partial charge >= 0.3 is 0 Å². The number of fused-ring (bicyclic) bond motifs is 2. The number of nitrogens with zero attached hydrogens (tertiary/aromatic N) is 9. The maximum atomic E-state index is 14.3. The fraction of sp³-hybridized carbons (Fsp3) is 0.500. The van der Waals surface area contributed by atoms with E-state index in [1.165, 1.54) is 21.6 Å². The molecule has 4 fully saturated rings. The molecular formula is C42H49F3N13O4+. The Morgan fingerprint density at radius 1 is 1.03 bits per heavy atom. The maximum Gasteiger partial charge on any atom is 0.288 e. The Morgan fingerprint density at radius 3 is 2.56 bits per heavy atom. The third-order valence-electron chi connectivity index (χ3n) is 12.7. The molecule has 1 aromatic carbocycles. The van der Waals surface area contributed by atoms with E-state index in [1.807, 2.05) is 19.2 Å². The zero-order valence-electron chi connectivity index (χ0n) is 34.2. The highest BCUT2D eigenvalue weighted by Gasteiger charge is 2.36. The summed E-state index contributed by atoms with van der Waals surface area (Å²) in [7, 11) is 1.85. The number of rotatable bonds is 9. The third-order valence-corrected chi connectivity index (χ3v) is 12.7. The van der Waals surface area contributed by atoms with Crippen molar-refractivity contribution in [1.82, 2.24) is 40.3 Å². The van der Waals surface area contributed by atoms with Gasteiger partial charge in [-0.25, -0.2) is 22.7 Å². The molecule has 3 aromatic heterocycles. The molecule has 4 aliphatic heterocycles. The first kappa shape index (κ1) is 41.2.